The zero-order valence-corrected chi connectivity index (χ0v) is 11.4. The molecule has 0 amide bonds. The van der Waals surface area contributed by atoms with E-state index in [2.05, 4.69) is 19.1 Å². The smallest absolute Gasteiger partial charge is 0.130 e. The molecule has 1 aliphatic carbocycles. The molecule has 1 nitrogen and oxygen atoms in total. The van der Waals surface area contributed by atoms with Crippen molar-refractivity contribution in [2.24, 2.45) is 0 Å². The van der Waals surface area contributed by atoms with Crippen LogP contribution in [0.3, 0.4) is 0 Å². The molecular formula is C16H26O. The lowest BCUT2D eigenvalue weighted by Gasteiger charge is -2.13. The molecule has 0 saturated heterocycles. The van der Waals surface area contributed by atoms with Crippen molar-refractivity contribution < 1.29 is 4.79 Å². The largest absolute Gasteiger partial charge is 0.300 e. The Hall–Kier alpha value is -0.850. The number of carbonyl (C=O) groups is 1. The SMILES string of the molecule is CC(=O)CCC=C(C)CCC=C1CCCCC1. The molecule has 0 heterocycles. The zero-order chi connectivity index (χ0) is 12.5. The minimum absolute atomic E-state index is 0.290. The van der Waals surface area contributed by atoms with Gasteiger partial charge in [0.15, 0.2) is 0 Å². The highest BCUT2D eigenvalue weighted by Crippen LogP contribution is 2.23. The van der Waals surface area contributed by atoms with Crippen LogP contribution in [0, 0.1) is 0 Å². The molecule has 0 bridgehead atoms. The van der Waals surface area contributed by atoms with E-state index >= 15 is 0 Å². The first-order valence-corrected chi connectivity index (χ1v) is 7.01. The second-order valence-corrected chi connectivity index (χ2v) is 5.25. The summed E-state index contributed by atoms with van der Waals surface area (Å²) in [6.45, 7) is 3.84. The number of ketones is 1. The summed E-state index contributed by atoms with van der Waals surface area (Å²) in [6, 6.07) is 0. The van der Waals surface area contributed by atoms with Crippen LogP contribution in [-0.2, 0) is 4.79 Å². The molecule has 0 spiro atoms. The lowest BCUT2D eigenvalue weighted by molar-refractivity contribution is -0.116. The standard InChI is InChI=1S/C16H26O/c1-14(8-6-10-15(2)17)9-7-13-16-11-4-3-5-12-16/h8,13H,3-7,9-12H2,1-2H3. The summed E-state index contributed by atoms with van der Waals surface area (Å²) >= 11 is 0. The maximum absolute atomic E-state index is 10.8. The number of Topliss-reactive ketones (excluding diaryl/α,β-unsaturated/α-hetero) is 1. The molecule has 0 aliphatic heterocycles. The summed E-state index contributed by atoms with van der Waals surface area (Å²) in [5.41, 5.74) is 3.10. The van der Waals surface area contributed by atoms with Crippen molar-refractivity contribution in [2.45, 2.75) is 71.6 Å². The topological polar surface area (TPSA) is 17.1 Å². The second kappa shape index (κ2) is 8.27. The van der Waals surface area contributed by atoms with E-state index in [1.165, 1.54) is 44.1 Å². The average Bonchev–Trinajstić information content (AvgIpc) is 2.30. The Labute approximate surface area is 106 Å². The lowest BCUT2D eigenvalue weighted by atomic mass is 9.93. The van der Waals surface area contributed by atoms with Gasteiger partial charge in [-0.2, -0.15) is 0 Å². The van der Waals surface area contributed by atoms with Gasteiger partial charge in [-0.1, -0.05) is 29.7 Å². The number of carbonyl (C=O) groups excluding carboxylic acids is 1. The second-order valence-electron chi connectivity index (χ2n) is 5.25. The Kier molecular flexibility index (Phi) is 6.91. The van der Waals surface area contributed by atoms with Crippen LogP contribution in [0.25, 0.3) is 0 Å². The quantitative estimate of drug-likeness (QED) is 0.593. The molecule has 96 valence electrons. The Morgan fingerprint density at radius 3 is 2.41 bits per heavy atom. The summed E-state index contributed by atoms with van der Waals surface area (Å²) in [5, 5.41) is 0. The van der Waals surface area contributed by atoms with Crippen molar-refractivity contribution in [1.82, 2.24) is 0 Å². The van der Waals surface area contributed by atoms with Crippen LogP contribution >= 0.6 is 0 Å². The van der Waals surface area contributed by atoms with Crippen molar-refractivity contribution in [1.29, 1.82) is 0 Å². The van der Waals surface area contributed by atoms with Crippen molar-refractivity contribution in [3.63, 3.8) is 0 Å². The summed E-state index contributed by atoms with van der Waals surface area (Å²) in [7, 11) is 0. The van der Waals surface area contributed by atoms with E-state index in [1.54, 1.807) is 12.5 Å². The van der Waals surface area contributed by atoms with Gasteiger partial charge in [0.2, 0.25) is 0 Å². The Morgan fingerprint density at radius 2 is 1.76 bits per heavy atom. The van der Waals surface area contributed by atoms with Crippen LogP contribution < -0.4 is 0 Å². The maximum Gasteiger partial charge on any atom is 0.130 e. The molecule has 17 heavy (non-hydrogen) atoms. The molecule has 1 saturated carbocycles. The van der Waals surface area contributed by atoms with Gasteiger partial charge in [-0.3, -0.25) is 0 Å². The maximum atomic E-state index is 10.8. The molecule has 0 radical (unpaired) electrons. The first kappa shape index (κ1) is 14.2. The van der Waals surface area contributed by atoms with Crippen molar-refractivity contribution in [2.75, 3.05) is 0 Å². The van der Waals surface area contributed by atoms with Gasteiger partial charge in [-0.15, -0.1) is 0 Å². The van der Waals surface area contributed by atoms with Crippen molar-refractivity contribution in [3.8, 4) is 0 Å². The van der Waals surface area contributed by atoms with E-state index in [9.17, 15) is 4.79 Å². The monoisotopic (exact) mass is 234 g/mol. The minimum atomic E-state index is 0.290. The summed E-state index contributed by atoms with van der Waals surface area (Å²) < 4.78 is 0. The molecular weight excluding hydrogens is 208 g/mol. The molecule has 0 atom stereocenters. The fourth-order valence-corrected chi connectivity index (χ4v) is 2.34. The third-order valence-electron chi connectivity index (χ3n) is 3.46. The van der Waals surface area contributed by atoms with Crippen molar-refractivity contribution in [3.05, 3.63) is 23.3 Å². The fourth-order valence-electron chi connectivity index (χ4n) is 2.34. The van der Waals surface area contributed by atoms with E-state index < -0.39 is 0 Å². The summed E-state index contributed by atoms with van der Waals surface area (Å²) in [4.78, 5) is 10.8. The van der Waals surface area contributed by atoms with E-state index in [0.717, 1.165) is 12.8 Å². The zero-order valence-electron chi connectivity index (χ0n) is 11.4. The van der Waals surface area contributed by atoms with E-state index in [-0.39, 0.29) is 0 Å². The Bertz CT molecular complexity index is 289. The van der Waals surface area contributed by atoms with Gasteiger partial charge in [0, 0.05) is 6.42 Å². The Balaban J connectivity index is 2.18. The van der Waals surface area contributed by atoms with Crippen LogP contribution in [-0.4, -0.2) is 5.78 Å². The molecule has 1 fully saturated rings. The first-order valence-electron chi connectivity index (χ1n) is 7.01. The van der Waals surface area contributed by atoms with E-state index in [0.29, 0.717) is 12.2 Å². The number of allylic oxidation sites excluding steroid dienone is 4. The minimum Gasteiger partial charge on any atom is -0.300 e. The fraction of sp³-hybridized carbons (Fsp3) is 0.688. The van der Waals surface area contributed by atoms with E-state index in [4.69, 9.17) is 0 Å². The van der Waals surface area contributed by atoms with Gasteiger partial charge in [0.1, 0.15) is 5.78 Å². The predicted octanol–water partition coefficient (Wildman–Crippen LogP) is 4.97. The first-order chi connectivity index (χ1) is 8.18. The summed E-state index contributed by atoms with van der Waals surface area (Å²) in [6.07, 6.45) is 15.5. The number of hydrogen-bond acceptors (Lipinski definition) is 1. The van der Waals surface area contributed by atoms with Gasteiger partial charge in [-0.05, 0) is 58.8 Å². The predicted molar refractivity (Wildman–Crippen MR) is 74.1 cm³/mol. The van der Waals surface area contributed by atoms with Crippen LogP contribution in [0.2, 0.25) is 0 Å². The third kappa shape index (κ3) is 7.14. The van der Waals surface area contributed by atoms with Gasteiger partial charge < -0.3 is 4.79 Å². The summed E-state index contributed by atoms with van der Waals surface area (Å²) in [5.74, 6) is 0.290. The van der Waals surface area contributed by atoms with Crippen LogP contribution in [0.1, 0.15) is 71.6 Å². The highest BCUT2D eigenvalue weighted by Gasteiger charge is 2.03. The molecule has 0 unspecified atom stereocenters. The molecule has 0 aromatic carbocycles. The lowest BCUT2D eigenvalue weighted by Crippen LogP contribution is -1.93. The molecule has 1 heteroatoms. The highest BCUT2D eigenvalue weighted by molar-refractivity contribution is 5.75. The third-order valence-corrected chi connectivity index (χ3v) is 3.46. The van der Waals surface area contributed by atoms with Crippen molar-refractivity contribution >= 4 is 5.78 Å². The Morgan fingerprint density at radius 1 is 1.06 bits per heavy atom. The van der Waals surface area contributed by atoms with E-state index in [1.807, 2.05) is 0 Å². The van der Waals surface area contributed by atoms with Gasteiger partial charge in [0.05, 0.1) is 0 Å². The van der Waals surface area contributed by atoms with Crippen LogP contribution in [0.5, 0.6) is 0 Å². The van der Waals surface area contributed by atoms with Crippen LogP contribution in [0.15, 0.2) is 23.3 Å². The average molecular weight is 234 g/mol. The molecule has 1 aliphatic rings. The number of hydrogen-bond donors (Lipinski definition) is 0. The normalized spacial score (nSPS) is 17.1. The highest BCUT2D eigenvalue weighted by atomic mass is 16.1. The number of rotatable bonds is 6. The van der Waals surface area contributed by atoms with Gasteiger partial charge in [-0.25, -0.2) is 0 Å². The molecule has 0 aromatic heterocycles. The molecule has 1 rings (SSSR count). The van der Waals surface area contributed by atoms with Gasteiger partial charge in [0.25, 0.3) is 0 Å². The van der Waals surface area contributed by atoms with Crippen LogP contribution in [0.4, 0.5) is 0 Å². The van der Waals surface area contributed by atoms with Gasteiger partial charge >= 0.3 is 0 Å². The molecule has 0 aromatic rings. The molecule has 0 N–H and O–H groups in total.